The Labute approximate surface area is 126 Å². The molecule has 6 nitrogen and oxygen atoms in total. The highest BCUT2D eigenvalue weighted by Crippen LogP contribution is 2.55. The predicted molar refractivity (Wildman–Crippen MR) is 84.0 cm³/mol. The highest BCUT2D eigenvalue weighted by atomic mass is 32.2. The van der Waals surface area contributed by atoms with Crippen molar-refractivity contribution >= 4 is 21.9 Å². The van der Waals surface area contributed by atoms with Crippen LogP contribution < -0.4 is 0 Å². The second-order valence-corrected chi connectivity index (χ2v) is 7.97. The summed E-state index contributed by atoms with van der Waals surface area (Å²) < 4.78 is 3.92. The maximum atomic E-state index is 10.9. The van der Waals surface area contributed by atoms with Crippen molar-refractivity contribution in [3.05, 3.63) is 30.5 Å². The highest BCUT2D eigenvalue weighted by molar-refractivity contribution is 8.29. The van der Waals surface area contributed by atoms with E-state index in [4.69, 9.17) is 4.99 Å². The molecule has 112 valence electrons. The molecule has 21 heavy (non-hydrogen) atoms. The third kappa shape index (κ3) is 2.11. The van der Waals surface area contributed by atoms with Crippen LogP contribution >= 0.6 is 11.1 Å². The molecule has 0 bridgehead atoms. The average Bonchev–Trinajstić information content (AvgIpc) is 2.91. The second kappa shape index (κ2) is 4.71. The number of aliphatic hydroxyl groups excluding tert-OH is 1. The fourth-order valence-corrected chi connectivity index (χ4v) is 5.03. The summed E-state index contributed by atoms with van der Waals surface area (Å²) in [5.41, 5.74) is 0.298. The van der Waals surface area contributed by atoms with Crippen LogP contribution in [0.2, 0.25) is 0 Å². The van der Waals surface area contributed by atoms with E-state index < -0.39 is 16.5 Å². The lowest BCUT2D eigenvalue weighted by Gasteiger charge is -2.25. The molecule has 2 aromatic heterocycles. The SMILES string of the molecule is CC(C)n1cc(C(O)[SH]2C(C3CC3)=Nc3cncn32)cn1. The van der Waals surface area contributed by atoms with Gasteiger partial charge in [0.05, 0.1) is 17.4 Å². The third-order valence-electron chi connectivity index (χ3n) is 3.92. The minimum atomic E-state index is -0.901. The molecular weight excluding hydrogens is 286 g/mol. The Hall–Kier alpha value is -1.60. The number of aliphatic hydroxyl groups is 1. The molecule has 7 heteroatoms. The van der Waals surface area contributed by atoms with E-state index in [9.17, 15) is 5.11 Å². The predicted octanol–water partition coefficient (Wildman–Crippen LogP) is 2.57. The number of imidazole rings is 1. The Balaban J connectivity index is 1.68. The van der Waals surface area contributed by atoms with Crippen LogP contribution in [0.5, 0.6) is 0 Å². The zero-order chi connectivity index (χ0) is 14.6. The average molecular weight is 305 g/mol. The molecular formula is C14H19N5OS. The number of nitrogens with zero attached hydrogens (tertiary/aromatic N) is 5. The summed E-state index contributed by atoms with van der Waals surface area (Å²) in [6.07, 6.45) is 9.65. The first kappa shape index (κ1) is 13.1. The fraction of sp³-hybridized carbons (Fsp3) is 0.500. The van der Waals surface area contributed by atoms with Crippen molar-refractivity contribution in [3.63, 3.8) is 0 Å². The summed E-state index contributed by atoms with van der Waals surface area (Å²) >= 11 is -0.901. The second-order valence-electron chi connectivity index (χ2n) is 5.91. The van der Waals surface area contributed by atoms with Gasteiger partial charge in [0.1, 0.15) is 11.8 Å². The molecule has 1 aliphatic carbocycles. The molecule has 2 aliphatic rings. The smallest absolute Gasteiger partial charge is 0.162 e. The van der Waals surface area contributed by atoms with Gasteiger partial charge in [-0.25, -0.2) is 9.98 Å². The number of aliphatic imine (C=N–C) groups is 1. The summed E-state index contributed by atoms with van der Waals surface area (Å²) in [6, 6.07) is 0.294. The summed E-state index contributed by atoms with van der Waals surface area (Å²) in [5.74, 6) is 1.42. The number of thiol groups is 1. The Morgan fingerprint density at radius 1 is 1.33 bits per heavy atom. The van der Waals surface area contributed by atoms with Gasteiger partial charge in [0.25, 0.3) is 0 Å². The highest BCUT2D eigenvalue weighted by Gasteiger charge is 2.39. The minimum Gasteiger partial charge on any atom is -0.378 e. The first-order valence-electron chi connectivity index (χ1n) is 7.27. The molecule has 0 amide bonds. The Morgan fingerprint density at radius 2 is 2.14 bits per heavy atom. The maximum absolute atomic E-state index is 10.9. The lowest BCUT2D eigenvalue weighted by molar-refractivity contribution is 0.268. The lowest BCUT2D eigenvalue weighted by Crippen LogP contribution is -2.11. The number of aromatic nitrogens is 4. The first-order chi connectivity index (χ1) is 10.1. The van der Waals surface area contributed by atoms with Crippen LogP contribution in [0.15, 0.2) is 29.9 Å². The van der Waals surface area contributed by atoms with Gasteiger partial charge in [-0.3, -0.25) is 8.65 Å². The third-order valence-corrected chi connectivity index (χ3v) is 6.39. The Morgan fingerprint density at radius 3 is 2.81 bits per heavy atom. The van der Waals surface area contributed by atoms with Crippen molar-refractivity contribution < 1.29 is 5.11 Å². The van der Waals surface area contributed by atoms with Crippen molar-refractivity contribution in [3.8, 4) is 0 Å². The topological polar surface area (TPSA) is 68.2 Å². The van der Waals surface area contributed by atoms with Gasteiger partial charge in [0.15, 0.2) is 5.82 Å². The molecule has 3 heterocycles. The summed E-state index contributed by atoms with van der Waals surface area (Å²) in [6.45, 7) is 4.16. The fourth-order valence-electron chi connectivity index (χ4n) is 2.58. The van der Waals surface area contributed by atoms with Gasteiger partial charge in [-0.15, -0.1) is 0 Å². The number of hydrogen-bond donors (Lipinski definition) is 2. The van der Waals surface area contributed by atoms with Crippen molar-refractivity contribution in [1.29, 1.82) is 0 Å². The van der Waals surface area contributed by atoms with Gasteiger partial charge in [-0.2, -0.15) is 5.10 Å². The molecule has 0 spiro atoms. The van der Waals surface area contributed by atoms with Crippen LogP contribution in [-0.2, 0) is 0 Å². The van der Waals surface area contributed by atoms with Gasteiger partial charge in [-0.05, 0) is 26.7 Å². The molecule has 0 radical (unpaired) electrons. The van der Waals surface area contributed by atoms with Crippen molar-refractivity contribution in [1.82, 2.24) is 18.7 Å². The van der Waals surface area contributed by atoms with Gasteiger partial charge >= 0.3 is 0 Å². The van der Waals surface area contributed by atoms with E-state index >= 15 is 0 Å². The van der Waals surface area contributed by atoms with Crippen molar-refractivity contribution in [2.24, 2.45) is 10.9 Å². The van der Waals surface area contributed by atoms with E-state index in [2.05, 4.69) is 23.9 Å². The zero-order valence-corrected chi connectivity index (χ0v) is 13.0. The molecule has 1 N–H and O–H groups in total. The molecule has 1 aliphatic heterocycles. The van der Waals surface area contributed by atoms with Crippen LogP contribution in [-0.4, -0.2) is 28.9 Å². The lowest BCUT2D eigenvalue weighted by atomic mass is 10.4. The van der Waals surface area contributed by atoms with Gasteiger partial charge in [-0.1, -0.05) is 11.1 Å². The van der Waals surface area contributed by atoms with E-state index in [-0.39, 0.29) is 0 Å². The number of fused-ring (bicyclic) bond motifs is 1. The molecule has 0 saturated heterocycles. The Bertz CT molecular complexity index is 700. The largest absolute Gasteiger partial charge is 0.378 e. The Kier molecular flexibility index (Phi) is 2.93. The molecule has 0 aromatic carbocycles. The molecule has 4 rings (SSSR count). The van der Waals surface area contributed by atoms with E-state index in [1.54, 1.807) is 18.7 Å². The van der Waals surface area contributed by atoms with E-state index in [0.29, 0.717) is 12.0 Å². The molecule has 2 atom stereocenters. The van der Waals surface area contributed by atoms with Crippen molar-refractivity contribution in [2.75, 3.05) is 0 Å². The minimum absolute atomic E-state index is 0.294. The molecule has 2 aromatic rings. The number of hydrogen-bond acceptors (Lipinski definition) is 4. The number of rotatable bonds is 4. The van der Waals surface area contributed by atoms with E-state index in [1.165, 1.54) is 12.8 Å². The van der Waals surface area contributed by atoms with Gasteiger partial charge in [0.2, 0.25) is 0 Å². The standard InChI is InChI=1S/C14H19N5OS/c1-9(2)18-7-11(5-16-18)14(20)21-13(10-3-4-10)17-12-6-15-8-19(12)21/h5-10,14,20-21H,3-4H2,1-2H3. The maximum Gasteiger partial charge on any atom is 0.162 e. The summed E-state index contributed by atoms with van der Waals surface area (Å²) in [7, 11) is 0. The van der Waals surface area contributed by atoms with Crippen LogP contribution in [0.1, 0.15) is 43.7 Å². The van der Waals surface area contributed by atoms with Gasteiger partial charge < -0.3 is 5.11 Å². The van der Waals surface area contributed by atoms with E-state index in [1.807, 2.05) is 14.9 Å². The van der Waals surface area contributed by atoms with Crippen molar-refractivity contribution in [2.45, 2.75) is 38.2 Å². The molecule has 1 saturated carbocycles. The quantitative estimate of drug-likeness (QED) is 0.853. The molecule has 1 fully saturated rings. The monoisotopic (exact) mass is 305 g/mol. The van der Waals surface area contributed by atoms with Crippen LogP contribution in [0.3, 0.4) is 0 Å². The van der Waals surface area contributed by atoms with Gasteiger partial charge in [0, 0.05) is 23.7 Å². The van der Waals surface area contributed by atoms with E-state index in [0.717, 1.165) is 16.4 Å². The van der Waals surface area contributed by atoms with Crippen LogP contribution in [0, 0.1) is 5.92 Å². The van der Waals surface area contributed by atoms with Crippen LogP contribution in [0.25, 0.3) is 0 Å². The summed E-state index contributed by atoms with van der Waals surface area (Å²) in [5, 5.41) is 16.4. The first-order valence-corrected chi connectivity index (χ1v) is 8.64. The normalized spacial score (nSPS) is 24.2. The zero-order valence-electron chi connectivity index (χ0n) is 12.1. The summed E-state index contributed by atoms with van der Waals surface area (Å²) in [4.78, 5) is 8.86. The van der Waals surface area contributed by atoms with Crippen LogP contribution in [0.4, 0.5) is 5.82 Å². The molecule has 2 unspecified atom stereocenters.